The molecule has 176 valence electrons. The van der Waals surface area contributed by atoms with Crippen LogP contribution in [0.5, 0.6) is 0 Å². The Kier molecular flexibility index (Phi) is 9.01. The highest BCUT2D eigenvalue weighted by molar-refractivity contribution is 7.80. The lowest BCUT2D eigenvalue weighted by Crippen LogP contribution is -2.57. The minimum atomic E-state index is -4.90. The number of ether oxygens (including phenoxy) is 6. The van der Waals surface area contributed by atoms with E-state index in [-0.39, 0.29) is 23.7 Å². The van der Waals surface area contributed by atoms with Crippen LogP contribution in [0.3, 0.4) is 0 Å². The van der Waals surface area contributed by atoms with E-state index < -0.39 is 54.2 Å². The molecule has 2 aliphatic heterocycles. The summed E-state index contributed by atoms with van der Waals surface area (Å²) in [5.41, 5.74) is 0. The van der Waals surface area contributed by atoms with Crippen molar-refractivity contribution in [2.24, 2.45) is 23.7 Å². The SMILES string of the molecule is CO[C@H]1O[C@H](O[C-]=O)[C@@H](O[C@H]2O[C@H](COS(=O)(=O)[O-])[C@@H](OC)C(C)C2C)C(C)C1C. The van der Waals surface area contributed by atoms with Gasteiger partial charge in [0.1, 0.15) is 12.2 Å². The molecule has 2 fully saturated rings. The first-order chi connectivity index (χ1) is 14.0. The lowest BCUT2D eigenvalue weighted by Gasteiger charge is -2.49. The summed E-state index contributed by atoms with van der Waals surface area (Å²) >= 11 is 0. The molecule has 0 aromatic rings. The largest absolute Gasteiger partial charge is 0.726 e. The van der Waals surface area contributed by atoms with Crippen molar-refractivity contribution in [2.45, 2.75) is 64.9 Å². The average Bonchev–Trinajstić information content (AvgIpc) is 2.68. The molecule has 11 nitrogen and oxygen atoms in total. The van der Waals surface area contributed by atoms with E-state index in [2.05, 4.69) is 4.18 Å². The molecule has 0 N–H and O–H groups in total. The van der Waals surface area contributed by atoms with Gasteiger partial charge >= 0.3 is 0 Å². The van der Waals surface area contributed by atoms with Gasteiger partial charge in [-0.2, -0.15) is 0 Å². The molecule has 0 aliphatic carbocycles. The van der Waals surface area contributed by atoms with Gasteiger partial charge in [-0.3, -0.25) is 4.18 Å². The second-order valence-electron chi connectivity index (χ2n) is 7.78. The number of rotatable bonds is 9. The van der Waals surface area contributed by atoms with Crippen LogP contribution in [0.1, 0.15) is 27.7 Å². The van der Waals surface area contributed by atoms with Gasteiger partial charge < -0.3 is 37.8 Å². The monoisotopic (exact) mass is 454 g/mol. The summed E-state index contributed by atoms with van der Waals surface area (Å²) in [6.07, 6.45) is -4.57. The highest BCUT2D eigenvalue weighted by Crippen LogP contribution is 2.38. The lowest BCUT2D eigenvalue weighted by atomic mass is 9.84. The van der Waals surface area contributed by atoms with E-state index in [0.29, 0.717) is 0 Å². The molecule has 0 aromatic heterocycles. The molecule has 2 heterocycles. The van der Waals surface area contributed by atoms with E-state index in [1.165, 1.54) is 20.7 Å². The van der Waals surface area contributed by atoms with Crippen LogP contribution < -0.4 is 0 Å². The van der Waals surface area contributed by atoms with Crippen molar-refractivity contribution in [2.75, 3.05) is 20.8 Å². The molecule has 0 amide bonds. The molecule has 2 saturated heterocycles. The molecular formula is C18H30O11S-2. The van der Waals surface area contributed by atoms with Gasteiger partial charge in [-0.25, -0.2) is 8.42 Å². The lowest BCUT2D eigenvalue weighted by molar-refractivity contribution is -0.355. The van der Waals surface area contributed by atoms with Gasteiger partial charge in [-0.05, 0) is 11.8 Å². The van der Waals surface area contributed by atoms with Crippen LogP contribution in [0.25, 0.3) is 0 Å². The minimum absolute atomic E-state index is 0.0840. The van der Waals surface area contributed by atoms with Gasteiger partial charge in [0.2, 0.25) is 10.4 Å². The fraction of sp³-hybridized carbons (Fsp3) is 0.944. The highest BCUT2D eigenvalue weighted by Gasteiger charge is 2.48. The van der Waals surface area contributed by atoms with Crippen LogP contribution in [0.4, 0.5) is 0 Å². The Hall–Kier alpha value is -0.860. The van der Waals surface area contributed by atoms with Crippen LogP contribution in [0.15, 0.2) is 0 Å². The van der Waals surface area contributed by atoms with Crippen LogP contribution in [0.2, 0.25) is 0 Å². The Bertz CT molecular complexity index is 657. The molecule has 2 aliphatic rings. The van der Waals surface area contributed by atoms with Crippen LogP contribution >= 0.6 is 0 Å². The second kappa shape index (κ2) is 10.6. The van der Waals surface area contributed by atoms with E-state index in [4.69, 9.17) is 28.4 Å². The molecule has 0 aromatic carbocycles. The summed E-state index contributed by atoms with van der Waals surface area (Å²) in [7, 11) is -1.94. The quantitative estimate of drug-likeness (QED) is 0.274. The van der Waals surface area contributed by atoms with Crippen molar-refractivity contribution >= 4 is 16.9 Å². The number of hydrogen-bond acceptors (Lipinski definition) is 11. The predicted molar refractivity (Wildman–Crippen MR) is 99.1 cm³/mol. The Morgan fingerprint density at radius 2 is 1.47 bits per heavy atom. The summed E-state index contributed by atoms with van der Waals surface area (Å²) in [6.45, 7) is 8.47. The smallest absolute Gasteiger partial charge is 0.217 e. The van der Waals surface area contributed by atoms with Crippen LogP contribution in [-0.2, 0) is 47.8 Å². The second-order valence-corrected chi connectivity index (χ2v) is 8.84. The number of carbonyl (C=O) groups excluding carboxylic acids is 1. The van der Waals surface area contributed by atoms with Crippen LogP contribution in [-0.4, -0.2) is 77.5 Å². The van der Waals surface area contributed by atoms with Gasteiger partial charge in [0.15, 0.2) is 18.9 Å². The van der Waals surface area contributed by atoms with E-state index in [1.807, 2.05) is 27.7 Å². The predicted octanol–water partition coefficient (Wildman–Crippen LogP) is 0.545. The third-order valence-electron chi connectivity index (χ3n) is 6.10. The summed E-state index contributed by atoms with van der Waals surface area (Å²) in [5, 5.41) is 0. The maximum Gasteiger partial charge on any atom is 0.217 e. The van der Waals surface area contributed by atoms with Gasteiger partial charge in [0, 0.05) is 26.1 Å². The standard InChI is InChI=1S/C18H31O11S/c1-9-12(4)17(27-13(14(9)23-5)7-26-30(20,21)22)28-15-10(2)11(3)16(24-6)29-18(15)25-8-19/h9-18H,7H2,1-6H3,(H,20,21,22)/q-1/p-1/t9?,10?,11?,12?,13-,14+,15+,16+,17-,18+/m1/s1. The number of hydrogen-bond donors (Lipinski definition) is 0. The van der Waals surface area contributed by atoms with Crippen molar-refractivity contribution in [1.82, 2.24) is 0 Å². The molecule has 0 saturated carbocycles. The maximum absolute atomic E-state index is 10.9. The molecule has 10 atom stereocenters. The topological polar surface area (TPSA) is 139 Å². The zero-order valence-corrected chi connectivity index (χ0v) is 18.7. The Morgan fingerprint density at radius 1 is 0.867 bits per heavy atom. The third kappa shape index (κ3) is 5.88. The fourth-order valence-electron chi connectivity index (χ4n) is 3.95. The van der Waals surface area contributed by atoms with E-state index in [0.717, 1.165) is 0 Å². The zero-order valence-electron chi connectivity index (χ0n) is 17.9. The highest BCUT2D eigenvalue weighted by atomic mass is 32.3. The van der Waals surface area contributed by atoms with E-state index >= 15 is 0 Å². The summed E-state index contributed by atoms with van der Waals surface area (Å²) < 4.78 is 70.5. The maximum atomic E-state index is 10.9. The Balaban J connectivity index is 2.19. The first-order valence-electron chi connectivity index (χ1n) is 9.69. The Labute approximate surface area is 177 Å². The molecular weight excluding hydrogens is 424 g/mol. The number of methoxy groups -OCH3 is 2. The minimum Gasteiger partial charge on any atom is -0.726 e. The average molecular weight is 454 g/mol. The molecule has 0 bridgehead atoms. The zero-order chi connectivity index (χ0) is 22.6. The molecule has 30 heavy (non-hydrogen) atoms. The molecule has 4 unspecified atom stereocenters. The first-order valence-corrected chi connectivity index (χ1v) is 11.0. The van der Waals surface area contributed by atoms with Gasteiger partial charge in [0.05, 0.1) is 12.7 Å². The summed E-state index contributed by atoms with van der Waals surface area (Å²) in [6, 6.07) is 0. The van der Waals surface area contributed by atoms with Crippen LogP contribution in [0, 0.1) is 23.7 Å². The molecule has 0 radical (unpaired) electrons. The van der Waals surface area contributed by atoms with E-state index in [9.17, 15) is 17.8 Å². The summed E-state index contributed by atoms with van der Waals surface area (Å²) in [5.74, 6) is -0.541. The molecule has 0 spiro atoms. The molecule has 2 rings (SSSR count). The summed E-state index contributed by atoms with van der Waals surface area (Å²) in [4.78, 5) is 10.8. The van der Waals surface area contributed by atoms with Crippen molar-refractivity contribution in [3.63, 3.8) is 0 Å². The van der Waals surface area contributed by atoms with Crippen molar-refractivity contribution < 1.29 is 50.4 Å². The van der Waals surface area contributed by atoms with Crippen molar-refractivity contribution in [3.05, 3.63) is 0 Å². The van der Waals surface area contributed by atoms with Crippen molar-refractivity contribution in [1.29, 1.82) is 0 Å². The van der Waals surface area contributed by atoms with Crippen molar-refractivity contribution in [3.8, 4) is 0 Å². The van der Waals surface area contributed by atoms with Gasteiger partial charge in [-0.1, -0.05) is 34.2 Å². The third-order valence-corrected chi connectivity index (χ3v) is 6.53. The van der Waals surface area contributed by atoms with E-state index in [1.54, 1.807) is 0 Å². The Morgan fingerprint density at radius 3 is 2.00 bits per heavy atom. The first kappa shape index (κ1) is 25.4. The normalized spacial score (nSPS) is 42.6. The fourth-order valence-corrected chi connectivity index (χ4v) is 4.25. The molecule has 12 heteroatoms. The van der Waals surface area contributed by atoms with Gasteiger partial charge in [0.25, 0.3) is 0 Å². The van der Waals surface area contributed by atoms with Gasteiger partial charge in [-0.15, -0.1) is 0 Å².